The predicted molar refractivity (Wildman–Crippen MR) is 156 cm³/mol. The van der Waals surface area contributed by atoms with Gasteiger partial charge < -0.3 is 15.4 Å². The number of carbonyl (C=O) groups is 2. The minimum atomic E-state index is -3.87. The molecular weight excluding hydrogens is 573 g/mol. The van der Waals surface area contributed by atoms with Crippen LogP contribution in [0.3, 0.4) is 0 Å². The fourth-order valence-electron chi connectivity index (χ4n) is 5.32. The summed E-state index contributed by atoms with van der Waals surface area (Å²) in [5.74, 6) is 0.161. The topological polar surface area (TPSA) is 105 Å². The molecule has 2 atom stereocenters. The summed E-state index contributed by atoms with van der Waals surface area (Å²) in [6.45, 7) is 0.520. The number of carbonyl (C=O) groups excluding carboxylic acids is 2. The van der Waals surface area contributed by atoms with Crippen LogP contribution in [0, 0.1) is 5.92 Å². The Bertz CT molecular complexity index is 1260. The normalized spacial score (nSPS) is 19.3. The summed E-state index contributed by atoms with van der Waals surface area (Å²) in [7, 11) is -3.87. The van der Waals surface area contributed by atoms with Crippen molar-refractivity contribution < 1.29 is 22.7 Å². The summed E-state index contributed by atoms with van der Waals surface area (Å²) in [4.78, 5) is 26.0. The van der Waals surface area contributed by atoms with Crippen LogP contribution in [-0.2, 0) is 30.8 Å². The van der Waals surface area contributed by atoms with Crippen LogP contribution < -0.4 is 10.6 Å². The summed E-state index contributed by atoms with van der Waals surface area (Å²) in [5, 5.41) is 6.21. The molecule has 2 N–H and O–H groups in total. The van der Waals surface area contributed by atoms with Crippen molar-refractivity contribution in [2.24, 2.45) is 5.92 Å². The fourth-order valence-corrected chi connectivity index (χ4v) is 7.52. The molecular formula is C29H37Cl2N3O5S. The number of morpholine rings is 1. The lowest BCUT2D eigenvalue weighted by Gasteiger charge is -2.32. The second-order valence-electron chi connectivity index (χ2n) is 10.5. The number of nitrogens with zero attached hydrogens (tertiary/aromatic N) is 1. The molecule has 40 heavy (non-hydrogen) atoms. The molecule has 11 heteroatoms. The monoisotopic (exact) mass is 609 g/mol. The summed E-state index contributed by atoms with van der Waals surface area (Å²) < 4.78 is 33.5. The first-order chi connectivity index (χ1) is 19.2. The average Bonchev–Trinajstić information content (AvgIpc) is 3.47. The quantitative estimate of drug-likeness (QED) is 0.366. The van der Waals surface area contributed by atoms with E-state index in [1.165, 1.54) is 48.2 Å². The van der Waals surface area contributed by atoms with Gasteiger partial charge in [-0.25, -0.2) is 8.42 Å². The predicted octanol–water partition coefficient (Wildman–Crippen LogP) is 4.59. The Morgan fingerprint density at radius 3 is 2.55 bits per heavy atom. The van der Waals surface area contributed by atoms with Crippen molar-refractivity contribution >= 4 is 45.0 Å². The van der Waals surface area contributed by atoms with Gasteiger partial charge in [0.15, 0.2) is 0 Å². The highest BCUT2D eigenvalue weighted by atomic mass is 35.5. The molecule has 2 fully saturated rings. The summed E-state index contributed by atoms with van der Waals surface area (Å²) in [6, 6.07) is 13.4. The van der Waals surface area contributed by atoms with Crippen LogP contribution in [0.2, 0.25) is 10.0 Å². The number of nitrogens with one attached hydrogen (secondary N) is 2. The molecule has 0 spiro atoms. The van der Waals surface area contributed by atoms with Gasteiger partial charge in [0.1, 0.15) is 10.9 Å². The lowest BCUT2D eigenvalue weighted by Crippen LogP contribution is -2.52. The molecule has 4 rings (SSSR count). The van der Waals surface area contributed by atoms with Crippen molar-refractivity contribution in [3.63, 3.8) is 0 Å². The molecule has 2 amide bonds. The number of benzene rings is 2. The molecule has 2 aromatic rings. The number of aryl methyl sites for hydroxylation is 1. The van der Waals surface area contributed by atoms with Crippen LogP contribution in [0.15, 0.2) is 53.4 Å². The van der Waals surface area contributed by atoms with Crippen molar-refractivity contribution in [3.8, 4) is 0 Å². The van der Waals surface area contributed by atoms with Crippen LogP contribution in [-0.4, -0.2) is 62.9 Å². The van der Waals surface area contributed by atoms with Crippen LogP contribution in [0.5, 0.6) is 0 Å². The highest BCUT2D eigenvalue weighted by Crippen LogP contribution is 2.29. The number of amides is 2. The van der Waals surface area contributed by atoms with E-state index in [1.54, 1.807) is 0 Å². The Morgan fingerprint density at radius 2 is 1.82 bits per heavy atom. The molecule has 1 aliphatic carbocycles. The zero-order chi connectivity index (χ0) is 28.5. The maximum Gasteiger partial charge on any atom is 0.244 e. The van der Waals surface area contributed by atoms with E-state index in [1.807, 2.05) is 30.3 Å². The second-order valence-corrected chi connectivity index (χ2v) is 13.3. The number of sulfonamides is 1. The van der Waals surface area contributed by atoms with Crippen molar-refractivity contribution in [2.75, 3.05) is 26.2 Å². The maximum absolute atomic E-state index is 13.2. The number of halogens is 2. The Kier molecular flexibility index (Phi) is 11.3. The Morgan fingerprint density at radius 1 is 1.07 bits per heavy atom. The summed E-state index contributed by atoms with van der Waals surface area (Å²) in [6.07, 6.45) is 6.58. The van der Waals surface area contributed by atoms with Crippen LogP contribution in [0.1, 0.15) is 50.5 Å². The van der Waals surface area contributed by atoms with Crippen LogP contribution in [0.25, 0.3) is 0 Å². The van der Waals surface area contributed by atoms with E-state index in [0.29, 0.717) is 30.2 Å². The van der Waals surface area contributed by atoms with Gasteiger partial charge in [-0.1, -0.05) is 79.2 Å². The highest BCUT2D eigenvalue weighted by Gasteiger charge is 2.33. The molecule has 218 valence electrons. The standard InChI is InChI=1S/C29H37Cl2N3O5S/c30-23-12-14-27(25(31)18-23)40(37,38)34-16-17-39-24(20-34)19-32-29(36)26(13-10-21-6-2-1-3-7-21)33-28(35)15-11-22-8-4-5-9-22/h1-3,6-7,12,14,18,22,24,26H,4-5,8-11,13,15-17,19-20H2,(H,32,36)(H,33,35)/t24?,26-/m0/s1. The van der Waals surface area contributed by atoms with E-state index in [-0.39, 0.29) is 48.0 Å². The lowest BCUT2D eigenvalue weighted by atomic mass is 10.0. The van der Waals surface area contributed by atoms with Crippen molar-refractivity contribution in [1.82, 2.24) is 14.9 Å². The van der Waals surface area contributed by atoms with Gasteiger partial charge >= 0.3 is 0 Å². The van der Waals surface area contributed by atoms with E-state index in [2.05, 4.69) is 10.6 Å². The van der Waals surface area contributed by atoms with Crippen molar-refractivity contribution in [1.29, 1.82) is 0 Å². The van der Waals surface area contributed by atoms with Gasteiger partial charge in [0, 0.05) is 31.1 Å². The molecule has 2 aliphatic rings. The largest absolute Gasteiger partial charge is 0.374 e. The third-order valence-corrected chi connectivity index (χ3v) is 10.2. The van der Waals surface area contributed by atoms with Crippen molar-refractivity contribution in [2.45, 2.75) is 68.4 Å². The smallest absolute Gasteiger partial charge is 0.244 e. The van der Waals surface area contributed by atoms with Crippen molar-refractivity contribution in [3.05, 3.63) is 64.1 Å². The fraction of sp³-hybridized carbons (Fsp3) is 0.517. The Balaban J connectivity index is 1.34. The van der Waals surface area contributed by atoms with Crippen LogP contribution in [0.4, 0.5) is 0 Å². The minimum Gasteiger partial charge on any atom is -0.374 e. The maximum atomic E-state index is 13.2. The van der Waals surface area contributed by atoms with E-state index < -0.39 is 22.2 Å². The molecule has 0 radical (unpaired) electrons. The molecule has 0 aromatic heterocycles. The number of hydrogen-bond acceptors (Lipinski definition) is 5. The van der Waals surface area contributed by atoms with Gasteiger partial charge in [0.05, 0.1) is 17.7 Å². The molecule has 1 unspecified atom stereocenters. The molecule has 2 aromatic carbocycles. The van der Waals surface area contributed by atoms with Gasteiger partial charge in [0.2, 0.25) is 21.8 Å². The zero-order valence-electron chi connectivity index (χ0n) is 22.5. The molecule has 0 bridgehead atoms. The first-order valence-corrected chi connectivity index (χ1v) is 16.1. The van der Waals surface area contributed by atoms with Gasteiger partial charge in [-0.05, 0) is 48.9 Å². The van der Waals surface area contributed by atoms with E-state index in [0.717, 1.165) is 12.0 Å². The second kappa shape index (κ2) is 14.6. The zero-order valence-corrected chi connectivity index (χ0v) is 24.8. The Hall–Kier alpha value is -2.17. The number of rotatable bonds is 12. The number of hydrogen-bond donors (Lipinski definition) is 2. The SMILES string of the molecule is O=C(CCC1CCCC1)N[C@@H](CCc1ccccc1)C(=O)NCC1CN(S(=O)(=O)c2ccc(Cl)cc2Cl)CCO1. The highest BCUT2D eigenvalue weighted by molar-refractivity contribution is 7.89. The van der Waals surface area contributed by atoms with E-state index >= 15 is 0 Å². The summed E-state index contributed by atoms with van der Waals surface area (Å²) in [5.41, 5.74) is 1.08. The molecule has 1 saturated heterocycles. The first-order valence-electron chi connectivity index (χ1n) is 13.9. The van der Waals surface area contributed by atoms with Gasteiger partial charge in [0.25, 0.3) is 0 Å². The van der Waals surface area contributed by atoms with Gasteiger partial charge in [-0.3, -0.25) is 9.59 Å². The molecule has 8 nitrogen and oxygen atoms in total. The first kappa shape index (κ1) is 30.8. The third-order valence-electron chi connectivity index (χ3n) is 7.59. The Labute approximate surface area is 246 Å². The molecule has 1 heterocycles. The van der Waals surface area contributed by atoms with Crippen LogP contribution >= 0.6 is 23.2 Å². The van der Waals surface area contributed by atoms with E-state index in [9.17, 15) is 18.0 Å². The van der Waals surface area contributed by atoms with E-state index in [4.69, 9.17) is 27.9 Å². The minimum absolute atomic E-state index is 0.0236. The molecule has 1 saturated carbocycles. The van der Waals surface area contributed by atoms with Gasteiger partial charge in [-0.2, -0.15) is 4.31 Å². The molecule has 1 aliphatic heterocycles. The summed E-state index contributed by atoms with van der Waals surface area (Å²) >= 11 is 12.1. The average molecular weight is 611 g/mol. The third kappa shape index (κ3) is 8.66. The number of ether oxygens (including phenoxy) is 1. The lowest BCUT2D eigenvalue weighted by molar-refractivity contribution is -0.129. The van der Waals surface area contributed by atoms with Gasteiger partial charge in [-0.15, -0.1) is 0 Å².